The van der Waals surface area contributed by atoms with E-state index in [4.69, 9.17) is 4.74 Å². The van der Waals surface area contributed by atoms with Crippen LogP contribution in [0, 0.1) is 16.5 Å². The fraction of sp³-hybridized carbons (Fsp3) is 0.0588. The maximum atomic E-state index is 13.9. The predicted octanol–water partition coefficient (Wildman–Crippen LogP) is 4.85. The van der Waals surface area contributed by atoms with Crippen molar-refractivity contribution in [2.45, 2.75) is 11.5 Å². The molecule has 0 fully saturated rings. The molecule has 0 amide bonds. The van der Waals surface area contributed by atoms with Gasteiger partial charge in [-0.15, -0.1) is 4.91 Å². The van der Waals surface area contributed by atoms with Crippen molar-refractivity contribution in [3.8, 4) is 6.01 Å². The number of nitrogens with one attached hydrogen (secondary N) is 1. The van der Waals surface area contributed by atoms with Crippen LogP contribution in [0.15, 0.2) is 64.8 Å². The van der Waals surface area contributed by atoms with Crippen LogP contribution in [0.25, 0.3) is 0 Å². The maximum Gasteiger partial charge on any atom is 0.318 e. The van der Waals surface area contributed by atoms with Crippen LogP contribution < -0.4 is 9.46 Å². The van der Waals surface area contributed by atoms with Gasteiger partial charge in [0.05, 0.1) is 11.1 Å². The van der Waals surface area contributed by atoms with Crippen molar-refractivity contribution >= 4 is 23.5 Å². The molecule has 6 nitrogen and oxygen atoms in total. The van der Waals surface area contributed by atoms with Crippen molar-refractivity contribution in [1.82, 2.24) is 9.97 Å². The number of rotatable bonds is 7. The Morgan fingerprint density at radius 2 is 2.00 bits per heavy atom. The number of anilines is 1. The van der Waals surface area contributed by atoms with Gasteiger partial charge in [0.1, 0.15) is 18.1 Å². The van der Waals surface area contributed by atoms with Gasteiger partial charge in [-0.2, -0.15) is 4.98 Å². The first-order valence-electron chi connectivity index (χ1n) is 7.41. The molecule has 9 heteroatoms. The second-order valence-electron chi connectivity index (χ2n) is 5.03. The van der Waals surface area contributed by atoms with E-state index in [-0.39, 0.29) is 29.9 Å². The Kier molecular flexibility index (Phi) is 5.69. The molecule has 3 aromatic rings. The smallest absolute Gasteiger partial charge is 0.318 e. The van der Waals surface area contributed by atoms with Crippen LogP contribution in [0.2, 0.25) is 0 Å². The van der Waals surface area contributed by atoms with Crippen LogP contribution in [0.5, 0.6) is 6.01 Å². The number of ether oxygens (including phenoxy) is 1. The summed E-state index contributed by atoms with van der Waals surface area (Å²) in [6.45, 7) is 0.0356. The molecule has 0 aliphatic carbocycles. The summed E-state index contributed by atoms with van der Waals surface area (Å²) in [6.07, 6.45) is 0.959. The Bertz CT molecular complexity index is 927. The number of hydrogen-bond donors (Lipinski definition) is 1. The minimum atomic E-state index is -0.688. The Morgan fingerprint density at radius 1 is 1.15 bits per heavy atom. The van der Waals surface area contributed by atoms with E-state index in [0.717, 1.165) is 18.1 Å². The lowest BCUT2D eigenvalue weighted by Gasteiger charge is -2.09. The van der Waals surface area contributed by atoms with E-state index in [1.165, 1.54) is 12.1 Å². The van der Waals surface area contributed by atoms with Crippen molar-refractivity contribution in [1.29, 1.82) is 0 Å². The summed E-state index contributed by atoms with van der Waals surface area (Å²) in [6, 6.07) is 12.4. The minimum absolute atomic E-state index is 0.0356. The molecule has 0 aliphatic rings. The topological polar surface area (TPSA) is 76.5 Å². The van der Waals surface area contributed by atoms with Gasteiger partial charge in [0.2, 0.25) is 0 Å². The number of halogens is 2. The molecule has 0 atom stereocenters. The Hall–Kier alpha value is -3.07. The fourth-order valence-corrected chi connectivity index (χ4v) is 2.70. The summed E-state index contributed by atoms with van der Waals surface area (Å²) in [5.74, 6) is -1.18. The first-order valence-corrected chi connectivity index (χ1v) is 8.22. The summed E-state index contributed by atoms with van der Waals surface area (Å²) in [7, 11) is 0. The fourth-order valence-electron chi connectivity index (χ4n) is 1.99. The minimum Gasteiger partial charge on any atom is -0.459 e. The van der Waals surface area contributed by atoms with Crippen molar-refractivity contribution in [2.75, 3.05) is 4.72 Å². The Labute approximate surface area is 151 Å². The second kappa shape index (κ2) is 8.34. The number of nitrogens with zero attached hydrogens (tertiary/aromatic N) is 3. The van der Waals surface area contributed by atoms with Crippen LogP contribution in [-0.2, 0) is 6.61 Å². The molecule has 0 bridgehead atoms. The highest BCUT2D eigenvalue weighted by atomic mass is 32.2. The van der Waals surface area contributed by atoms with E-state index in [9.17, 15) is 13.7 Å². The zero-order valence-corrected chi connectivity index (χ0v) is 14.0. The normalized spacial score (nSPS) is 10.4. The van der Waals surface area contributed by atoms with E-state index in [2.05, 4.69) is 19.9 Å². The zero-order valence-electron chi connectivity index (χ0n) is 13.2. The lowest BCUT2D eigenvalue weighted by molar-refractivity contribution is 0.279. The van der Waals surface area contributed by atoms with Gasteiger partial charge >= 0.3 is 6.01 Å². The van der Waals surface area contributed by atoms with E-state index in [0.29, 0.717) is 10.5 Å². The van der Waals surface area contributed by atoms with Crippen LogP contribution in [0.3, 0.4) is 0 Å². The largest absolute Gasteiger partial charge is 0.459 e. The van der Waals surface area contributed by atoms with Crippen molar-refractivity contribution in [2.24, 2.45) is 5.18 Å². The van der Waals surface area contributed by atoms with Crippen molar-refractivity contribution in [3.05, 3.63) is 76.8 Å². The standard InChI is InChI=1S/C17H12F2N4O2S/c18-12-5-3-4-11(8-12)10-25-17-20-9-13(19)16(21-17)23-26-15-7-2-1-6-14(15)22-24/h1-9H,10H2,(H,20,21,23). The lowest BCUT2D eigenvalue weighted by atomic mass is 10.2. The van der Waals surface area contributed by atoms with Gasteiger partial charge in [0.15, 0.2) is 11.6 Å². The molecule has 1 heterocycles. The van der Waals surface area contributed by atoms with Crippen molar-refractivity contribution < 1.29 is 13.5 Å². The summed E-state index contributed by atoms with van der Waals surface area (Å²) in [5, 5.41) is 2.90. The molecule has 1 aromatic heterocycles. The molecule has 0 saturated heterocycles. The summed E-state index contributed by atoms with van der Waals surface area (Å²) >= 11 is 0.985. The van der Waals surface area contributed by atoms with Gasteiger partial charge in [-0.05, 0) is 47.0 Å². The Morgan fingerprint density at radius 3 is 2.81 bits per heavy atom. The van der Waals surface area contributed by atoms with Gasteiger partial charge in [-0.1, -0.05) is 24.3 Å². The van der Waals surface area contributed by atoms with Gasteiger partial charge in [-0.3, -0.25) is 0 Å². The van der Waals surface area contributed by atoms with Crippen LogP contribution in [0.1, 0.15) is 5.56 Å². The Balaban J connectivity index is 1.68. The molecule has 1 N–H and O–H groups in total. The molecule has 0 spiro atoms. The molecular weight excluding hydrogens is 362 g/mol. The number of benzene rings is 2. The number of aromatic nitrogens is 2. The molecule has 0 unspecified atom stereocenters. The first kappa shape index (κ1) is 17.7. The second-order valence-corrected chi connectivity index (χ2v) is 5.88. The molecule has 0 aliphatic heterocycles. The highest BCUT2D eigenvalue weighted by Crippen LogP contribution is 2.30. The van der Waals surface area contributed by atoms with Crippen LogP contribution in [0.4, 0.5) is 20.3 Å². The molecular formula is C17H12F2N4O2S. The van der Waals surface area contributed by atoms with Gasteiger partial charge < -0.3 is 9.46 Å². The number of hydrogen-bond acceptors (Lipinski definition) is 7. The highest BCUT2D eigenvalue weighted by molar-refractivity contribution is 8.00. The third-order valence-corrected chi connectivity index (χ3v) is 4.06. The number of nitroso groups, excluding NO2 is 1. The van der Waals surface area contributed by atoms with E-state index in [1.54, 1.807) is 36.4 Å². The molecule has 2 aromatic carbocycles. The van der Waals surface area contributed by atoms with E-state index < -0.39 is 5.82 Å². The molecule has 3 rings (SSSR count). The van der Waals surface area contributed by atoms with Gasteiger partial charge in [0.25, 0.3) is 0 Å². The molecule has 132 valence electrons. The third kappa shape index (κ3) is 4.51. The maximum absolute atomic E-state index is 13.9. The van der Waals surface area contributed by atoms with Crippen molar-refractivity contribution in [3.63, 3.8) is 0 Å². The summed E-state index contributed by atoms with van der Waals surface area (Å²) < 4.78 is 35.1. The monoisotopic (exact) mass is 374 g/mol. The lowest BCUT2D eigenvalue weighted by Crippen LogP contribution is -2.03. The molecule has 0 saturated carbocycles. The van der Waals surface area contributed by atoms with Gasteiger partial charge in [0, 0.05) is 0 Å². The summed E-state index contributed by atoms with van der Waals surface area (Å²) in [4.78, 5) is 19.0. The molecule has 26 heavy (non-hydrogen) atoms. The molecule has 0 radical (unpaired) electrons. The van der Waals surface area contributed by atoms with Crippen LogP contribution >= 0.6 is 11.9 Å². The first-order chi connectivity index (χ1) is 12.7. The third-order valence-electron chi connectivity index (χ3n) is 3.20. The summed E-state index contributed by atoms with van der Waals surface area (Å²) in [5.41, 5.74) is 0.815. The average molecular weight is 374 g/mol. The highest BCUT2D eigenvalue weighted by Gasteiger charge is 2.10. The average Bonchev–Trinajstić information content (AvgIpc) is 2.66. The SMILES string of the molecule is O=Nc1ccccc1SNc1nc(OCc2cccc(F)c2)ncc1F. The quantitative estimate of drug-likeness (QED) is 0.471. The van der Waals surface area contributed by atoms with Gasteiger partial charge in [-0.25, -0.2) is 13.8 Å². The predicted molar refractivity (Wildman–Crippen MR) is 94.1 cm³/mol. The zero-order chi connectivity index (χ0) is 18.4. The van der Waals surface area contributed by atoms with Crippen LogP contribution in [-0.4, -0.2) is 9.97 Å². The van der Waals surface area contributed by atoms with E-state index in [1.807, 2.05) is 0 Å². The van der Waals surface area contributed by atoms with E-state index >= 15 is 0 Å².